The first-order chi connectivity index (χ1) is 11.4. The molecule has 0 saturated heterocycles. The highest BCUT2D eigenvalue weighted by molar-refractivity contribution is 7.89. The molecule has 0 unspecified atom stereocenters. The van der Waals surface area contributed by atoms with E-state index >= 15 is 0 Å². The molecule has 1 aromatic heterocycles. The van der Waals surface area contributed by atoms with Crippen molar-refractivity contribution in [2.75, 3.05) is 0 Å². The molecular formula is C17H13FN2O2S2. The number of aromatic nitrogens is 1. The predicted molar refractivity (Wildman–Crippen MR) is 93.7 cm³/mol. The molecule has 0 fully saturated rings. The first kappa shape index (κ1) is 16.6. The molecule has 0 amide bonds. The molecule has 0 aliphatic rings. The van der Waals surface area contributed by atoms with Gasteiger partial charge in [0.05, 0.1) is 0 Å². The van der Waals surface area contributed by atoms with Gasteiger partial charge < -0.3 is 0 Å². The molecule has 2 N–H and O–H groups in total. The number of benzene rings is 2. The average Bonchev–Trinajstić information content (AvgIpc) is 2.54. The summed E-state index contributed by atoms with van der Waals surface area (Å²) in [5, 5.41) is 4.97. The van der Waals surface area contributed by atoms with Crippen LogP contribution < -0.4 is 5.14 Å². The molecule has 7 heteroatoms. The standard InChI is InChI=1S/C17H13FN2O2S2/c18-15-8-11(4-6-17(15)24(19,21)22)12-3-5-14(16(23)9-12)13-2-1-7-20-10-13/h1-10,23H,(H2,19,21,22). The molecule has 1 heterocycles. The van der Waals surface area contributed by atoms with E-state index in [1.54, 1.807) is 18.5 Å². The number of thiol groups is 1. The number of pyridine rings is 1. The Kier molecular flexibility index (Phi) is 4.40. The maximum atomic E-state index is 14.0. The van der Waals surface area contributed by atoms with Crippen molar-refractivity contribution in [3.63, 3.8) is 0 Å². The van der Waals surface area contributed by atoms with E-state index in [1.165, 1.54) is 6.07 Å². The van der Waals surface area contributed by atoms with Crippen LogP contribution in [0.1, 0.15) is 0 Å². The third kappa shape index (κ3) is 3.33. The van der Waals surface area contributed by atoms with Crippen molar-refractivity contribution in [2.24, 2.45) is 5.14 Å². The number of rotatable bonds is 3. The molecule has 0 bridgehead atoms. The molecule has 24 heavy (non-hydrogen) atoms. The van der Waals surface area contributed by atoms with Gasteiger partial charge in [0.1, 0.15) is 10.7 Å². The Labute approximate surface area is 144 Å². The van der Waals surface area contributed by atoms with Gasteiger partial charge in [0.2, 0.25) is 10.0 Å². The van der Waals surface area contributed by atoms with Gasteiger partial charge in [-0.15, -0.1) is 12.6 Å². The number of hydrogen-bond acceptors (Lipinski definition) is 4. The molecule has 0 atom stereocenters. The summed E-state index contributed by atoms with van der Waals surface area (Å²) in [6.45, 7) is 0. The summed E-state index contributed by atoms with van der Waals surface area (Å²) in [7, 11) is -4.08. The zero-order chi connectivity index (χ0) is 17.3. The van der Waals surface area contributed by atoms with Gasteiger partial charge in [-0.1, -0.05) is 24.3 Å². The normalized spacial score (nSPS) is 11.5. The van der Waals surface area contributed by atoms with Crippen LogP contribution in [0.25, 0.3) is 22.3 Å². The Bertz CT molecular complexity index is 1010. The molecule has 122 valence electrons. The number of primary sulfonamides is 1. The molecule has 3 aromatic rings. The Balaban J connectivity index is 2.03. The molecule has 0 aliphatic carbocycles. The first-order valence-electron chi connectivity index (χ1n) is 6.92. The van der Waals surface area contributed by atoms with Gasteiger partial charge in [0.15, 0.2) is 0 Å². The minimum Gasteiger partial charge on any atom is -0.264 e. The van der Waals surface area contributed by atoms with Crippen molar-refractivity contribution >= 4 is 22.7 Å². The zero-order valence-electron chi connectivity index (χ0n) is 12.3. The predicted octanol–water partition coefficient (Wildman–Crippen LogP) is 3.49. The van der Waals surface area contributed by atoms with Crippen molar-refractivity contribution in [3.05, 3.63) is 66.7 Å². The Morgan fingerprint density at radius 2 is 1.71 bits per heavy atom. The van der Waals surface area contributed by atoms with Gasteiger partial charge in [-0.2, -0.15) is 0 Å². The van der Waals surface area contributed by atoms with Gasteiger partial charge in [-0.3, -0.25) is 4.98 Å². The van der Waals surface area contributed by atoms with Crippen LogP contribution in [-0.2, 0) is 10.0 Å². The van der Waals surface area contributed by atoms with Crippen molar-refractivity contribution in [2.45, 2.75) is 9.79 Å². The van der Waals surface area contributed by atoms with E-state index in [1.807, 2.05) is 24.3 Å². The quantitative estimate of drug-likeness (QED) is 0.702. The molecule has 0 saturated carbocycles. The molecule has 2 aromatic carbocycles. The van der Waals surface area contributed by atoms with E-state index < -0.39 is 20.7 Å². The molecule has 3 rings (SSSR count). The van der Waals surface area contributed by atoms with Crippen LogP contribution in [0.5, 0.6) is 0 Å². The van der Waals surface area contributed by atoms with Crippen LogP contribution in [0.3, 0.4) is 0 Å². The van der Waals surface area contributed by atoms with Crippen LogP contribution in [-0.4, -0.2) is 13.4 Å². The van der Waals surface area contributed by atoms with Crippen LogP contribution in [0, 0.1) is 5.82 Å². The molecule has 0 spiro atoms. The van der Waals surface area contributed by atoms with Gasteiger partial charge in [-0.05, 0) is 41.0 Å². The summed E-state index contributed by atoms with van der Waals surface area (Å²) in [5.41, 5.74) is 3.07. The maximum absolute atomic E-state index is 14.0. The van der Waals surface area contributed by atoms with Gasteiger partial charge >= 0.3 is 0 Å². The fourth-order valence-corrected chi connectivity index (χ4v) is 3.32. The van der Waals surface area contributed by atoms with E-state index in [4.69, 9.17) is 5.14 Å². The maximum Gasteiger partial charge on any atom is 0.240 e. The third-order valence-corrected chi connectivity index (χ3v) is 4.86. The molecule has 0 aliphatic heterocycles. The van der Waals surface area contributed by atoms with Crippen LogP contribution >= 0.6 is 12.6 Å². The molecule has 4 nitrogen and oxygen atoms in total. The van der Waals surface area contributed by atoms with Gasteiger partial charge in [0, 0.05) is 22.9 Å². The first-order valence-corrected chi connectivity index (χ1v) is 8.92. The minimum atomic E-state index is -4.08. The SMILES string of the molecule is NS(=O)(=O)c1ccc(-c2ccc(-c3cccnc3)c(S)c2)cc1F. The Hall–Kier alpha value is -2.22. The second-order valence-electron chi connectivity index (χ2n) is 5.16. The summed E-state index contributed by atoms with van der Waals surface area (Å²) in [4.78, 5) is 4.26. The number of halogens is 1. The topological polar surface area (TPSA) is 73.1 Å². The number of nitrogens with zero attached hydrogens (tertiary/aromatic N) is 1. The second-order valence-corrected chi connectivity index (χ2v) is 7.18. The Morgan fingerprint density at radius 3 is 2.29 bits per heavy atom. The fourth-order valence-electron chi connectivity index (χ4n) is 2.39. The smallest absolute Gasteiger partial charge is 0.240 e. The van der Waals surface area contributed by atoms with E-state index in [-0.39, 0.29) is 0 Å². The van der Waals surface area contributed by atoms with E-state index in [0.717, 1.165) is 23.3 Å². The van der Waals surface area contributed by atoms with Crippen LogP contribution in [0.15, 0.2) is 70.7 Å². The summed E-state index contributed by atoms with van der Waals surface area (Å²) in [5.74, 6) is -0.882. The minimum absolute atomic E-state index is 0.524. The zero-order valence-corrected chi connectivity index (χ0v) is 14.1. The summed E-state index contributed by atoms with van der Waals surface area (Å²) >= 11 is 4.48. The van der Waals surface area contributed by atoms with Crippen LogP contribution in [0.2, 0.25) is 0 Å². The lowest BCUT2D eigenvalue weighted by atomic mass is 10.0. The Morgan fingerprint density at radius 1 is 1.00 bits per heavy atom. The number of sulfonamides is 1. The highest BCUT2D eigenvalue weighted by Crippen LogP contribution is 2.31. The molecular weight excluding hydrogens is 347 g/mol. The van der Waals surface area contributed by atoms with Crippen molar-refractivity contribution in [1.29, 1.82) is 0 Å². The van der Waals surface area contributed by atoms with Crippen molar-refractivity contribution < 1.29 is 12.8 Å². The lowest BCUT2D eigenvalue weighted by Crippen LogP contribution is -2.13. The summed E-state index contributed by atoms with van der Waals surface area (Å²) in [6, 6.07) is 13.0. The average molecular weight is 360 g/mol. The van der Waals surface area contributed by atoms with Crippen molar-refractivity contribution in [3.8, 4) is 22.3 Å². The van der Waals surface area contributed by atoms with Crippen LogP contribution in [0.4, 0.5) is 4.39 Å². The van der Waals surface area contributed by atoms with E-state index in [0.29, 0.717) is 16.0 Å². The summed E-state index contributed by atoms with van der Waals surface area (Å²) < 4.78 is 36.5. The highest BCUT2D eigenvalue weighted by atomic mass is 32.2. The van der Waals surface area contributed by atoms with Gasteiger partial charge in [0.25, 0.3) is 0 Å². The van der Waals surface area contributed by atoms with Gasteiger partial charge in [-0.25, -0.2) is 17.9 Å². The lowest BCUT2D eigenvalue weighted by molar-refractivity contribution is 0.568. The van der Waals surface area contributed by atoms with E-state index in [2.05, 4.69) is 17.6 Å². The number of nitrogens with two attached hydrogens (primary N) is 1. The highest BCUT2D eigenvalue weighted by Gasteiger charge is 2.15. The third-order valence-electron chi connectivity index (χ3n) is 3.54. The lowest BCUT2D eigenvalue weighted by Gasteiger charge is -2.09. The summed E-state index contributed by atoms with van der Waals surface area (Å²) in [6.07, 6.45) is 3.42. The largest absolute Gasteiger partial charge is 0.264 e. The van der Waals surface area contributed by atoms with E-state index in [9.17, 15) is 12.8 Å². The van der Waals surface area contributed by atoms with Crippen molar-refractivity contribution in [1.82, 2.24) is 4.98 Å². The number of hydrogen-bond donors (Lipinski definition) is 2. The molecule has 0 radical (unpaired) electrons. The fraction of sp³-hybridized carbons (Fsp3) is 0. The monoisotopic (exact) mass is 360 g/mol. The second kappa shape index (κ2) is 6.35.